The molecule has 0 saturated carbocycles. The number of hydrogen-bond donors (Lipinski definition) is 2. The summed E-state index contributed by atoms with van der Waals surface area (Å²) in [6.07, 6.45) is -1.67. The maximum absolute atomic E-state index is 13.5. The highest BCUT2D eigenvalue weighted by molar-refractivity contribution is 14.0. The van der Waals surface area contributed by atoms with E-state index in [1.807, 2.05) is 11.1 Å². The van der Waals surface area contributed by atoms with Crippen LogP contribution in [0.4, 0.5) is 17.6 Å². The third kappa shape index (κ3) is 5.74. The molecule has 0 amide bonds. The molecule has 0 bridgehead atoms. The maximum atomic E-state index is 13.5. The number of nitrogens with zero attached hydrogens (tertiary/aromatic N) is 3. The molecule has 10 heteroatoms. The second kappa shape index (κ2) is 9.96. The third-order valence-corrected chi connectivity index (χ3v) is 5.25. The fourth-order valence-corrected chi connectivity index (χ4v) is 3.53. The van der Waals surface area contributed by atoms with Gasteiger partial charge < -0.3 is 15.2 Å². The Balaban J connectivity index is 0.00000300. The zero-order chi connectivity index (χ0) is 20.3. The largest absolute Gasteiger partial charge is 0.403 e. The highest BCUT2D eigenvalue weighted by Crippen LogP contribution is 2.25. The van der Waals surface area contributed by atoms with Crippen molar-refractivity contribution >= 4 is 40.8 Å². The SMILES string of the molecule is CN=C(NCCc1c[nH]c2ccc(F)cc12)N1CCN(C(C)C(F)(F)F)CC1.I. The molecule has 1 aromatic carbocycles. The number of alkyl halides is 3. The van der Waals surface area contributed by atoms with Gasteiger partial charge in [0.25, 0.3) is 0 Å². The van der Waals surface area contributed by atoms with Crippen LogP contribution in [0.25, 0.3) is 10.9 Å². The van der Waals surface area contributed by atoms with Crippen LogP contribution in [0.15, 0.2) is 29.4 Å². The van der Waals surface area contributed by atoms with Gasteiger partial charge in [0.2, 0.25) is 0 Å². The zero-order valence-corrected chi connectivity index (χ0v) is 18.7. The van der Waals surface area contributed by atoms with E-state index in [9.17, 15) is 17.6 Å². The number of rotatable bonds is 4. The van der Waals surface area contributed by atoms with Crippen molar-refractivity contribution < 1.29 is 17.6 Å². The van der Waals surface area contributed by atoms with Crippen molar-refractivity contribution in [1.82, 2.24) is 20.1 Å². The molecule has 1 fully saturated rings. The molecule has 2 heterocycles. The highest BCUT2D eigenvalue weighted by atomic mass is 127. The van der Waals surface area contributed by atoms with Gasteiger partial charge in [-0.15, -0.1) is 24.0 Å². The van der Waals surface area contributed by atoms with Crippen LogP contribution in [0.2, 0.25) is 0 Å². The minimum Gasteiger partial charge on any atom is -0.361 e. The molecule has 1 aromatic heterocycles. The van der Waals surface area contributed by atoms with Gasteiger partial charge >= 0.3 is 6.18 Å². The Bertz CT molecular complexity index is 828. The number of guanidine groups is 1. The van der Waals surface area contributed by atoms with Crippen LogP contribution in [-0.2, 0) is 6.42 Å². The lowest BCUT2D eigenvalue weighted by Gasteiger charge is -2.39. The van der Waals surface area contributed by atoms with Crippen molar-refractivity contribution in [3.8, 4) is 0 Å². The second-order valence-electron chi connectivity index (χ2n) is 6.97. The maximum Gasteiger partial charge on any atom is 0.403 e. The second-order valence-corrected chi connectivity index (χ2v) is 6.97. The molecule has 29 heavy (non-hydrogen) atoms. The number of H-pyrrole nitrogens is 1. The van der Waals surface area contributed by atoms with Crippen molar-refractivity contribution in [1.29, 1.82) is 0 Å². The number of halogens is 5. The van der Waals surface area contributed by atoms with Gasteiger partial charge in [-0.05, 0) is 37.1 Å². The molecule has 162 valence electrons. The van der Waals surface area contributed by atoms with E-state index >= 15 is 0 Å². The van der Waals surface area contributed by atoms with Gasteiger partial charge in [0.15, 0.2) is 5.96 Å². The standard InChI is InChI=1S/C19H25F4N5.HI/c1-13(19(21,22)23)27-7-9-28(10-8-27)18(24-2)25-6-5-14-12-26-17-4-3-15(20)11-16(14)17;/h3-4,11-13,26H,5-10H2,1-2H3,(H,24,25);1H. The lowest BCUT2D eigenvalue weighted by Crippen LogP contribution is -2.56. The van der Waals surface area contributed by atoms with Gasteiger partial charge in [-0.2, -0.15) is 13.2 Å². The van der Waals surface area contributed by atoms with Gasteiger partial charge in [0.05, 0.1) is 0 Å². The van der Waals surface area contributed by atoms with Crippen molar-refractivity contribution in [3.63, 3.8) is 0 Å². The summed E-state index contributed by atoms with van der Waals surface area (Å²) in [5, 5.41) is 4.11. The summed E-state index contributed by atoms with van der Waals surface area (Å²) < 4.78 is 52.1. The third-order valence-electron chi connectivity index (χ3n) is 5.25. The summed E-state index contributed by atoms with van der Waals surface area (Å²) in [6.45, 7) is 3.44. The molecule has 1 unspecified atom stereocenters. The summed E-state index contributed by atoms with van der Waals surface area (Å²) in [4.78, 5) is 10.8. The molecule has 0 aliphatic carbocycles. The summed E-state index contributed by atoms with van der Waals surface area (Å²) >= 11 is 0. The van der Waals surface area contributed by atoms with E-state index in [2.05, 4.69) is 15.3 Å². The zero-order valence-electron chi connectivity index (χ0n) is 16.4. The topological polar surface area (TPSA) is 46.7 Å². The highest BCUT2D eigenvalue weighted by Gasteiger charge is 2.41. The van der Waals surface area contributed by atoms with Gasteiger partial charge in [-0.1, -0.05) is 0 Å². The van der Waals surface area contributed by atoms with Crippen LogP contribution in [0, 0.1) is 5.82 Å². The van der Waals surface area contributed by atoms with Crippen molar-refractivity contribution in [2.75, 3.05) is 39.8 Å². The molecule has 1 aliphatic rings. The van der Waals surface area contributed by atoms with Crippen molar-refractivity contribution in [3.05, 3.63) is 35.8 Å². The molecule has 2 N–H and O–H groups in total. The first-order valence-corrected chi connectivity index (χ1v) is 9.31. The van der Waals surface area contributed by atoms with Gasteiger partial charge in [0, 0.05) is 56.9 Å². The molecule has 3 rings (SSSR count). The lowest BCUT2D eigenvalue weighted by atomic mass is 10.1. The summed E-state index contributed by atoms with van der Waals surface area (Å²) in [7, 11) is 1.66. The monoisotopic (exact) mass is 527 g/mol. The first kappa shape index (κ1) is 23.7. The summed E-state index contributed by atoms with van der Waals surface area (Å²) in [5.74, 6) is 0.397. The van der Waals surface area contributed by atoms with E-state index in [1.165, 1.54) is 24.0 Å². The Labute approximate surface area is 184 Å². The predicted molar refractivity (Wildman–Crippen MR) is 117 cm³/mol. The Kier molecular flexibility index (Phi) is 8.15. The molecular weight excluding hydrogens is 501 g/mol. The average Bonchev–Trinajstić information content (AvgIpc) is 3.06. The first-order valence-electron chi connectivity index (χ1n) is 9.31. The molecule has 1 saturated heterocycles. The van der Waals surface area contributed by atoms with E-state index in [0.717, 1.165) is 16.5 Å². The Hall–Kier alpha value is -1.56. The van der Waals surface area contributed by atoms with E-state index in [1.54, 1.807) is 13.1 Å². The smallest absolute Gasteiger partial charge is 0.361 e. The molecule has 2 aromatic rings. The Morgan fingerprint density at radius 2 is 1.93 bits per heavy atom. The van der Waals surface area contributed by atoms with Crippen LogP contribution < -0.4 is 5.32 Å². The van der Waals surface area contributed by atoms with E-state index < -0.39 is 12.2 Å². The predicted octanol–water partition coefficient (Wildman–Crippen LogP) is 3.61. The summed E-state index contributed by atoms with van der Waals surface area (Å²) in [6, 6.07) is 3.20. The molecular formula is C19H26F4IN5. The Morgan fingerprint density at radius 3 is 2.55 bits per heavy atom. The quantitative estimate of drug-likeness (QED) is 0.277. The van der Waals surface area contributed by atoms with Crippen LogP contribution in [-0.4, -0.2) is 72.7 Å². The van der Waals surface area contributed by atoms with Gasteiger partial charge in [-0.25, -0.2) is 4.39 Å². The minimum absolute atomic E-state index is 0. The van der Waals surface area contributed by atoms with Crippen LogP contribution in [0.5, 0.6) is 0 Å². The molecule has 0 spiro atoms. The van der Waals surface area contributed by atoms with E-state index in [0.29, 0.717) is 45.1 Å². The van der Waals surface area contributed by atoms with Crippen molar-refractivity contribution in [2.45, 2.75) is 25.6 Å². The van der Waals surface area contributed by atoms with Crippen LogP contribution in [0.3, 0.4) is 0 Å². The Morgan fingerprint density at radius 1 is 1.24 bits per heavy atom. The number of benzene rings is 1. The molecule has 5 nitrogen and oxygen atoms in total. The number of nitrogens with one attached hydrogen (secondary N) is 2. The fraction of sp³-hybridized carbons (Fsp3) is 0.526. The lowest BCUT2D eigenvalue weighted by molar-refractivity contribution is -0.181. The number of aromatic nitrogens is 1. The molecule has 0 radical (unpaired) electrons. The fourth-order valence-electron chi connectivity index (χ4n) is 3.53. The first-order chi connectivity index (χ1) is 13.3. The number of piperazine rings is 1. The number of aliphatic imine (C=N–C) groups is 1. The van der Waals surface area contributed by atoms with Crippen LogP contribution >= 0.6 is 24.0 Å². The molecule has 1 aliphatic heterocycles. The number of fused-ring (bicyclic) bond motifs is 1. The van der Waals surface area contributed by atoms with Gasteiger partial charge in [-0.3, -0.25) is 9.89 Å². The van der Waals surface area contributed by atoms with E-state index in [4.69, 9.17) is 0 Å². The molecule has 1 atom stereocenters. The summed E-state index contributed by atoms with van der Waals surface area (Å²) in [5.41, 5.74) is 1.89. The number of aromatic amines is 1. The normalized spacial score (nSPS) is 17.3. The van der Waals surface area contributed by atoms with Crippen LogP contribution in [0.1, 0.15) is 12.5 Å². The average molecular weight is 527 g/mol. The van der Waals surface area contributed by atoms with Crippen molar-refractivity contribution in [2.24, 2.45) is 4.99 Å². The minimum atomic E-state index is -4.21. The van der Waals surface area contributed by atoms with E-state index in [-0.39, 0.29) is 29.8 Å². The number of hydrogen-bond acceptors (Lipinski definition) is 2. The van der Waals surface area contributed by atoms with Gasteiger partial charge in [0.1, 0.15) is 11.9 Å².